The lowest BCUT2D eigenvalue weighted by molar-refractivity contribution is 0.0699. The van der Waals surface area contributed by atoms with E-state index in [1.165, 1.54) is 5.38 Å². The molecule has 0 unspecified atom stereocenters. The van der Waals surface area contributed by atoms with Crippen molar-refractivity contribution in [2.24, 2.45) is 0 Å². The first-order valence-electron chi connectivity index (χ1n) is 3.84. The Kier molecular flexibility index (Phi) is 2.31. The predicted octanol–water partition coefficient (Wildman–Crippen LogP) is 2.33. The minimum Gasteiger partial charge on any atom is -0.478 e. The van der Waals surface area contributed by atoms with Crippen molar-refractivity contribution in [3.05, 3.63) is 23.0 Å². The monoisotopic (exact) mass is 230 g/mol. The Morgan fingerprint density at radius 2 is 2.20 bits per heavy atom. The third-order valence-corrected chi connectivity index (χ3v) is 2.81. The molecular formula is C8H4F2N2O2S. The maximum atomic E-state index is 12.5. The first-order chi connectivity index (χ1) is 7.11. The summed E-state index contributed by atoms with van der Waals surface area (Å²) in [5, 5.41) is 10.0. The van der Waals surface area contributed by atoms with Gasteiger partial charge in [0.25, 0.3) is 6.43 Å². The van der Waals surface area contributed by atoms with Crippen LogP contribution in [0.1, 0.15) is 22.5 Å². The third kappa shape index (κ3) is 1.54. The van der Waals surface area contributed by atoms with Gasteiger partial charge < -0.3 is 5.11 Å². The lowest BCUT2D eigenvalue weighted by Gasteiger charge is -1.98. The molecule has 7 heteroatoms. The van der Waals surface area contributed by atoms with E-state index < -0.39 is 18.1 Å². The number of hydrogen-bond donors (Lipinski definition) is 1. The number of thiophene rings is 1. The molecule has 0 spiro atoms. The van der Waals surface area contributed by atoms with E-state index >= 15 is 0 Å². The smallest absolute Gasteiger partial charge is 0.338 e. The summed E-state index contributed by atoms with van der Waals surface area (Å²) < 4.78 is 25.1. The van der Waals surface area contributed by atoms with Crippen molar-refractivity contribution < 1.29 is 18.7 Å². The van der Waals surface area contributed by atoms with Gasteiger partial charge in [-0.25, -0.2) is 23.5 Å². The van der Waals surface area contributed by atoms with E-state index in [1.54, 1.807) is 0 Å². The van der Waals surface area contributed by atoms with Gasteiger partial charge in [-0.2, -0.15) is 0 Å². The number of halogens is 2. The Morgan fingerprint density at radius 1 is 1.47 bits per heavy atom. The zero-order valence-corrected chi connectivity index (χ0v) is 7.96. The second-order valence-corrected chi connectivity index (χ2v) is 3.57. The molecule has 0 radical (unpaired) electrons. The highest BCUT2D eigenvalue weighted by atomic mass is 32.1. The number of alkyl halides is 2. The Balaban J connectivity index is 2.74. The predicted molar refractivity (Wildman–Crippen MR) is 49.3 cm³/mol. The summed E-state index contributed by atoms with van der Waals surface area (Å²) in [6.45, 7) is 0. The van der Waals surface area contributed by atoms with E-state index in [9.17, 15) is 13.6 Å². The maximum absolute atomic E-state index is 12.5. The fourth-order valence-corrected chi connectivity index (χ4v) is 2.16. The molecule has 0 aromatic carbocycles. The summed E-state index contributed by atoms with van der Waals surface area (Å²) in [5.74, 6) is -1.18. The van der Waals surface area contributed by atoms with Gasteiger partial charge in [0, 0.05) is 5.38 Å². The zero-order valence-electron chi connectivity index (χ0n) is 7.15. The normalized spacial score (nSPS) is 11.1. The van der Waals surface area contributed by atoms with Crippen molar-refractivity contribution in [1.82, 2.24) is 9.97 Å². The highest BCUT2D eigenvalue weighted by Gasteiger charge is 2.19. The third-order valence-electron chi connectivity index (χ3n) is 1.82. The minimum absolute atomic E-state index is 0.0674. The lowest BCUT2D eigenvalue weighted by Crippen LogP contribution is -1.97. The van der Waals surface area contributed by atoms with Crippen LogP contribution >= 0.6 is 11.3 Å². The molecule has 0 bridgehead atoms. The Hall–Kier alpha value is -1.63. The van der Waals surface area contributed by atoms with Gasteiger partial charge in [0.2, 0.25) is 0 Å². The molecule has 78 valence electrons. The van der Waals surface area contributed by atoms with Crippen LogP contribution in [-0.4, -0.2) is 21.0 Å². The number of aromatic carboxylic acids is 1. The van der Waals surface area contributed by atoms with Crippen LogP contribution in [0.15, 0.2) is 11.7 Å². The molecular weight excluding hydrogens is 226 g/mol. The van der Waals surface area contributed by atoms with Crippen molar-refractivity contribution in [2.75, 3.05) is 0 Å². The average molecular weight is 230 g/mol. The second-order valence-electron chi connectivity index (χ2n) is 2.69. The Bertz CT molecular complexity index is 526. The molecule has 0 atom stereocenters. The van der Waals surface area contributed by atoms with Gasteiger partial charge >= 0.3 is 5.97 Å². The summed E-state index contributed by atoms with van der Waals surface area (Å²) >= 11 is 0.911. The van der Waals surface area contributed by atoms with E-state index in [1.807, 2.05) is 0 Å². The topological polar surface area (TPSA) is 63.1 Å². The van der Waals surface area contributed by atoms with Crippen molar-refractivity contribution >= 4 is 27.5 Å². The van der Waals surface area contributed by atoms with E-state index in [0.29, 0.717) is 0 Å². The molecule has 2 aromatic heterocycles. The molecule has 2 aromatic rings. The molecule has 0 aliphatic carbocycles. The largest absolute Gasteiger partial charge is 0.478 e. The number of carboxylic acids is 1. The second kappa shape index (κ2) is 3.50. The maximum Gasteiger partial charge on any atom is 0.338 e. The fourth-order valence-electron chi connectivity index (χ4n) is 1.18. The summed E-state index contributed by atoms with van der Waals surface area (Å²) in [6.07, 6.45) is -1.78. The molecule has 4 nitrogen and oxygen atoms in total. The van der Waals surface area contributed by atoms with E-state index in [-0.39, 0.29) is 15.8 Å². The van der Waals surface area contributed by atoms with Crippen molar-refractivity contribution in [1.29, 1.82) is 0 Å². The van der Waals surface area contributed by atoms with Gasteiger partial charge in [0.05, 0.1) is 15.8 Å². The van der Waals surface area contributed by atoms with Crippen molar-refractivity contribution in [3.63, 3.8) is 0 Å². The standard InChI is InChI=1S/C8H4F2N2O2S/c9-7(10)5-6-4(11-2-12-5)3(1-15-6)8(13)14/h1-2,7H,(H,13,14). The van der Waals surface area contributed by atoms with Crippen molar-refractivity contribution in [3.8, 4) is 0 Å². The molecule has 15 heavy (non-hydrogen) atoms. The number of hydrogen-bond acceptors (Lipinski definition) is 4. The number of rotatable bonds is 2. The van der Waals surface area contributed by atoms with Crippen LogP contribution in [0.25, 0.3) is 10.2 Å². The lowest BCUT2D eigenvalue weighted by atomic mass is 10.2. The highest BCUT2D eigenvalue weighted by molar-refractivity contribution is 7.17. The van der Waals surface area contributed by atoms with Crippen LogP contribution in [0, 0.1) is 0 Å². The SMILES string of the molecule is O=C(O)c1csc2c(C(F)F)ncnc12. The Labute approximate surface area is 86.2 Å². The van der Waals surface area contributed by atoms with Gasteiger partial charge in [-0.3, -0.25) is 0 Å². The first-order valence-corrected chi connectivity index (χ1v) is 4.72. The van der Waals surface area contributed by atoms with Crippen LogP contribution in [0.2, 0.25) is 0 Å². The molecule has 0 fully saturated rings. The molecule has 0 amide bonds. The van der Waals surface area contributed by atoms with Crippen LogP contribution in [0.5, 0.6) is 0 Å². The van der Waals surface area contributed by atoms with Crippen molar-refractivity contribution in [2.45, 2.75) is 6.43 Å². The summed E-state index contributed by atoms with van der Waals surface area (Å²) in [7, 11) is 0. The van der Waals surface area contributed by atoms with E-state index in [2.05, 4.69) is 9.97 Å². The summed E-state index contributed by atoms with van der Waals surface area (Å²) in [4.78, 5) is 17.8. The number of fused-ring (bicyclic) bond motifs is 1. The van der Waals surface area contributed by atoms with E-state index in [0.717, 1.165) is 17.7 Å². The molecule has 2 heterocycles. The molecule has 0 aliphatic rings. The van der Waals surface area contributed by atoms with Crippen LogP contribution in [0.3, 0.4) is 0 Å². The van der Waals surface area contributed by atoms with Gasteiger partial charge in [-0.1, -0.05) is 0 Å². The Morgan fingerprint density at radius 3 is 2.80 bits per heavy atom. The van der Waals surface area contributed by atoms with Crippen LogP contribution in [-0.2, 0) is 0 Å². The van der Waals surface area contributed by atoms with Gasteiger partial charge in [-0.05, 0) is 0 Å². The van der Waals surface area contributed by atoms with Gasteiger partial charge in [0.15, 0.2) is 0 Å². The number of carbonyl (C=O) groups is 1. The first kappa shape index (κ1) is 9.91. The molecule has 0 aliphatic heterocycles. The quantitative estimate of drug-likeness (QED) is 0.859. The van der Waals surface area contributed by atoms with Gasteiger partial charge in [-0.15, -0.1) is 11.3 Å². The van der Waals surface area contributed by atoms with Crippen LogP contribution < -0.4 is 0 Å². The number of nitrogens with zero attached hydrogens (tertiary/aromatic N) is 2. The molecule has 1 N–H and O–H groups in total. The zero-order chi connectivity index (χ0) is 11.0. The highest BCUT2D eigenvalue weighted by Crippen LogP contribution is 2.31. The van der Waals surface area contributed by atoms with Gasteiger partial charge in [0.1, 0.15) is 12.0 Å². The minimum atomic E-state index is -2.73. The van der Waals surface area contributed by atoms with Crippen LogP contribution in [0.4, 0.5) is 8.78 Å². The average Bonchev–Trinajstić information content (AvgIpc) is 2.59. The number of carboxylic acid groups (broad SMARTS) is 1. The fraction of sp³-hybridized carbons (Fsp3) is 0.125. The molecule has 0 saturated carbocycles. The molecule has 0 saturated heterocycles. The number of aromatic nitrogens is 2. The van der Waals surface area contributed by atoms with E-state index in [4.69, 9.17) is 5.11 Å². The summed E-state index contributed by atoms with van der Waals surface area (Å²) in [6, 6.07) is 0. The molecule has 2 rings (SSSR count). The summed E-state index contributed by atoms with van der Waals surface area (Å²) in [5.41, 5.74) is -0.422.